The number of hydrogen-bond acceptors (Lipinski definition) is 5. The minimum atomic E-state index is 0.557. The molecule has 4 nitrogen and oxygen atoms in total. The number of benzene rings is 1. The summed E-state index contributed by atoms with van der Waals surface area (Å²) in [6.45, 7) is 1.16. The lowest BCUT2D eigenvalue weighted by Crippen LogP contribution is -2.15. The average molecular weight is 313 g/mol. The summed E-state index contributed by atoms with van der Waals surface area (Å²) in [6.07, 6.45) is 0. The second kappa shape index (κ2) is 4.19. The van der Waals surface area contributed by atoms with Gasteiger partial charge in [0, 0.05) is 15.4 Å². The molecule has 0 atom stereocenters. The van der Waals surface area contributed by atoms with E-state index in [-0.39, 0.29) is 0 Å². The van der Waals surface area contributed by atoms with E-state index in [9.17, 15) is 0 Å². The maximum atomic E-state index is 5.64. The summed E-state index contributed by atoms with van der Waals surface area (Å²) in [7, 11) is 0. The molecule has 0 radical (unpaired) electrons. The van der Waals surface area contributed by atoms with E-state index in [1.165, 1.54) is 11.3 Å². The van der Waals surface area contributed by atoms with Crippen molar-refractivity contribution < 1.29 is 9.47 Å². The number of nitrogen functional groups attached to an aromatic ring is 1. The van der Waals surface area contributed by atoms with E-state index in [0.717, 1.165) is 27.2 Å². The molecule has 3 rings (SSSR count). The largest absolute Gasteiger partial charge is 0.486 e. The molecule has 0 amide bonds. The van der Waals surface area contributed by atoms with Gasteiger partial charge in [-0.1, -0.05) is 0 Å². The molecular formula is C11H9BrN2O2S. The smallest absolute Gasteiger partial charge is 0.180 e. The molecule has 0 saturated heterocycles. The average Bonchev–Trinajstić information content (AvgIpc) is 2.75. The third-order valence-corrected chi connectivity index (χ3v) is 3.76. The van der Waals surface area contributed by atoms with Gasteiger partial charge in [0.15, 0.2) is 16.6 Å². The van der Waals surface area contributed by atoms with Gasteiger partial charge in [0.05, 0.1) is 5.69 Å². The van der Waals surface area contributed by atoms with E-state index in [1.807, 2.05) is 17.5 Å². The first-order chi connectivity index (χ1) is 8.24. The summed E-state index contributed by atoms with van der Waals surface area (Å²) in [5.74, 6) is 1.51. The van der Waals surface area contributed by atoms with E-state index in [0.29, 0.717) is 18.3 Å². The van der Waals surface area contributed by atoms with Crippen LogP contribution >= 0.6 is 27.3 Å². The molecule has 2 heterocycles. The van der Waals surface area contributed by atoms with Crippen LogP contribution in [0.3, 0.4) is 0 Å². The van der Waals surface area contributed by atoms with Crippen LogP contribution < -0.4 is 15.2 Å². The molecule has 0 saturated carbocycles. The van der Waals surface area contributed by atoms with Crippen LogP contribution in [0.4, 0.5) is 5.13 Å². The highest BCUT2D eigenvalue weighted by molar-refractivity contribution is 9.10. The molecule has 1 aromatic heterocycles. The van der Waals surface area contributed by atoms with Crippen molar-refractivity contribution in [3.8, 4) is 22.8 Å². The Morgan fingerprint density at radius 3 is 2.59 bits per heavy atom. The number of nitrogens with zero attached hydrogens (tertiary/aromatic N) is 1. The zero-order valence-corrected chi connectivity index (χ0v) is 11.2. The van der Waals surface area contributed by atoms with Gasteiger partial charge in [0.1, 0.15) is 13.2 Å². The molecule has 0 fully saturated rings. The molecule has 6 heteroatoms. The molecule has 1 aliphatic rings. The van der Waals surface area contributed by atoms with Crippen molar-refractivity contribution in [1.82, 2.24) is 4.98 Å². The number of halogens is 1. The highest BCUT2D eigenvalue weighted by Crippen LogP contribution is 2.40. The van der Waals surface area contributed by atoms with Crippen molar-refractivity contribution in [3.63, 3.8) is 0 Å². The summed E-state index contributed by atoms with van der Waals surface area (Å²) >= 11 is 4.93. The standard InChI is InChI=1S/C11H9BrN2O2S/c12-7-4-10-9(15-1-2-16-10)3-6(7)8-5-17-11(13)14-8/h3-5H,1-2H2,(H2,13,14). The SMILES string of the molecule is Nc1nc(-c2cc3c(cc2Br)OCCO3)cs1. The van der Waals surface area contributed by atoms with Crippen LogP contribution in [0.15, 0.2) is 22.0 Å². The molecule has 0 aliphatic carbocycles. The maximum Gasteiger partial charge on any atom is 0.180 e. The number of anilines is 1. The second-order valence-electron chi connectivity index (χ2n) is 3.55. The zero-order valence-electron chi connectivity index (χ0n) is 8.77. The summed E-state index contributed by atoms with van der Waals surface area (Å²) in [5, 5.41) is 2.48. The zero-order chi connectivity index (χ0) is 11.8. The molecule has 88 valence electrons. The van der Waals surface area contributed by atoms with Crippen molar-refractivity contribution >= 4 is 32.4 Å². The number of nitrogens with two attached hydrogens (primary N) is 1. The molecule has 17 heavy (non-hydrogen) atoms. The number of hydrogen-bond donors (Lipinski definition) is 1. The molecule has 2 N–H and O–H groups in total. The van der Waals surface area contributed by atoms with Crippen LogP contribution in [0.1, 0.15) is 0 Å². The fraction of sp³-hybridized carbons (Fsp3) is 0.182. The Morgan fingerprint density at radius 1 is 1.24 bits per heavy atom. The monoisotopic (exact) mass is 312 g/mol. The van der Waals surface area contributed by atoms with Crippen molar-refractivity contribution in [2.24, 2.45) is 0 Å². The topological polar surface area (TPSA) is 57.4 Å². The minimum Gasteiger partial charge on any atom is -0.486 e. The third kappa shape index (κ3) is 1.98. The lowest BCUT2D eigenvalue weighted by Gasteiger charge is -2.19. The van der Waals surface area contributed by atoms with Gasteiger partial charge < -0.3 is 15.2 Å². The number of fused-ring (bicyclic) bond motifs is 1. The van der Waals surface area contributed by atoms with Gasteiger partial charge in [-0.15, -0.1) is 11.3 Å². The number of aromatic nitrogens is 1. The Balaban J connectivity index is 2.11. The first-order valence-electron chi connectivity index (χ1n) is 5.04. The van der Waals surface area contributed by atoms with Gasteiger partial charge in [0.2, 0.25) is 0 Å². The quantitative estimate of drug-likeness (QED) is 0.879. The number of rotatable bonds is 1. The Hall–Kier alpha value is -1.27. The summed E-state index contributed by atoms with van der Waals surface area (Å²) < 4.78 is 12.0. The van der Waals surface area contributed by atoms with Crippen LogP contribution in [0.2, 0.25) is 0 Å². The molecule has 2 aromatic rings. The maximum absolute atomic E-state index is 5.64. The molecule has 1 aliphatic heterocycles. The fourth-order valence-electron chi connectivity index (χ4n) is 1.67. The third-order valence-electron chi connectivity index (χ3n) is 2.43. The molecule has 1 aromatic carbocycles. The van der Waals surface area contributed by atoms with Gasteiger partial charge in [-0.05, 0) is 28.1 Å². The molecule has 0 spiro atoms. The van der Waals surface area contributed by atoms with Gasteiger partial charge in [-0.25, -0.2) is 4.98 Å². The fourth-order valence-corrected chi connectivity index (χ4v) is 2.76. The van der Waals surface area contributed by atoms with E-state index in [4.69, 9.17) is 15.2 Å². The van der Waals surface area contributed by atoms with Crippen LogP contribution in [0, 0.1) is 0 Å². The Morgan fingerprint density at radius 2 is 1.94 bits per heavy atom. The van der Waals surface area contributed by atoms with Gasteiger partial charge >= 0.3 is 0 Å². The van der Waals surface area contributed by atoms with Crippen LogP contribution in [0.25, 0.3) is 11.3 Å². The molecule has 0 unspecified atom stereocenters. The first kappa shape index (κ1) is 10.9. The Labute approximate surface area is 111 Å². The summed E-state index contributed by atoms with van der Waals surface area (Å²) in [6, 6.07) is 3.83. The van der Waals surface area contributed by atoms with E-state index in [1.54, 1.807) is 0 Å². The Bertz CT molecular complexity index is 571. The van der Waals surface area contributed by atoms with Gasteiger partial charge in [0.25, 0.3) is 0 Å². The molecular weight excluding hydrogens is 304 g/mol. The van der Waals surface area contributed by atoms with Crippen LogP contribution in [0.5, 0.6) is 11.5 Å². The van der Waals surface area contributed by atoms with Crippen molar-refractivity contribution in [2.45, 2.75) is 0 Å². The first-order valence-corrected chi connectivity index (χ1v) is 6.72. The van der Waals surface area contributed by atoms with E-state index < -0.39 is 0 Å². The Kier molecular flexibility index (Phi) is 2.68. The molecule has 0 bridgehead atoms. The predicted molar refractivity (Wildman–Crippen MR) is 70.7 cm³/mol. The van der Waals surface area contributed by atoms with Gasteiger partial charge in [-0.3, -0.25) is 0 Å². The van der Waals surface area contributed by atoms with Crippen molar-refractivity contribution in [2.75, 3.05) is 18.9 Å². The minimum absolute atomic E-state index is 0.557. The van der Waals surface area contributed by atoms with Gasteiger partial charge in [-0.2, -0.15) is 0 Å². The van der Waals surface area contributed by atoms with Crippen molar-refractivity contribution in [3.05, 3.63) is 22.0 Å². The number of ether oxygens (including phenoxy) is 2. The van der Waals surface area contributed by atoms with Crippen LogP contribution in [-0.2, 0) is 0 Å². The summed E-state index contributed by atoms with van der Waals surface area (Å²) in [5.41, 5.74) is 7.44. The van der Waals surface area contributed by atoms with E-state index in [2.05, 4.69) is 20.9 Å². The highest BCUT2D eigenvalue weighted by atomic mass is 79.9. The van der Waals surface area contributed by atoms with E-state index >= 15 is 0 Å². The van der Waals surface area contributed by atoms with Crippen LogP contribution in [-0.4, -0.2) is 18.2 Å². The second-order valence-corrected chi connectivity index (χ2v) is 5.29. The lowest BCUT2D eigenvalue weighted by molar-refractivity contribution is 0.171. The normalized spacial score (nSPS) is 13.7. The predicted octanol–water partition coefficient (Wildman–Crippen LogP) is 2.93. The summed E-state index contributed by atoms with van der Waals surface area (Å²) in [4.78, 5) is 4.26. The highest BCUT2D eigenvalue weighted by Gasteiger charge is 2.16. The number of thiazole rings is 1. The van der Waals surface area contributed by atoms with Crippen molar-refractivity contribution in [1.29, 1.82) is 0 Å². The lowest BCUT2D eigenvalue weighted by atomic mass is 10.1.